The van der Waals surface area contributed by atoms with Crippen LogP contribution in [0.1, 0.15) is 98.9 Å². The molecule has 73 heavy (non-hydrogen) atoms. The first-order valence-electron chi connectivity index (χ1n) is 24.7. The van der Waals surface area contributed by atoms with Gasteiger partial charge in [0, 0.05) is 101 Å². The van der Waals surface area contributed by atoms with Crippen LogP contribution in [0.5, 0.6) is 11.5 Å². The minimum absolute atomic E-state index is 0.132. The first kappa shape index (κ1) is 59.0. The summed E-state index contributed by atoms with van der Waals surface area (Å²) in [7, 11) is 6.91. The molecule has 0 heterocycles. The number of nitrogens with one attached hydrogen (secondary N) is 2. The Labute approximate surface area is 436 Å². The average molecular weight is 1030 g/mol. The fraction of sp³-hybridized carbons (Fsp3) is 0.345. The van der Waals surface area contributed by atoms with Crippen LogP contribution in [0, 0.1) is 10.8 Å². The normalized spacial score (nSPS) is 11.1. The minimum Gasteiger partial charge on any atom is -0.454 e. The van der Waals surface area contributed by atoms with Gasteiger partial charge in [-0.05, 0) is 85.1 Å². The smallest absolute Gasteiger partial charge is 0.298 e. The Bertz CT molecular complexity index is 2670. The van der Waals surface area contributed by atoms with Crippen molar-refractivity contribution in [3.05, 3.63) is 167 Å². The molecule has 0 aromatic heterocycles. The molecule has 0 spiro atoms. The molecule has 0 radical (unpaired) electrons. The summed E-state index contributed by atoms with van der Waals surface area (Å²) in [5.41, 5.74) is 9.97. The number of rotatable bonds is 23. The Balaban J connectivity index is 0.000000250. The zero-order chi connectivity index (χ0) is 53.7. The van der Waals surface area contributed by atoms with Crippen molar-refractivity contribution >= 4 is 54.4 Å². The largest absolute Gasteiger partial charge is 0.454 e. The van der Waals surface area contributed by atoms with Gasteiger partial charge in [-0.2, -0.15) is 16.8 Å². The van der Waals surface area contributed by atoms with E-state index in [4.69, 9.17) is 15.6 Å². The predicted octanol–water partition coefficient (Wildman–Crippen LogP) is 12.9. The van der Waals surface area contributed by atoms with E-state index >= 15 is 0 Å². The Hall–Kier alpha value is -6.52. The number of aryl methyl sites for hydroxylation is 1. The second-order valence-corrected chi connectivity index (χ2v) is 21.5. The first-order valence-corrected chi connectivity index (χ1v) is 27.6. The van der Waals surface area contributed by atoms with E-state index in [2.05, 4.69) is 26.5 Å². The third kappa shape index (κ3) is 18.8. The zero-order valence-corrected chi connectivity index (χ0v) is 45.7. The molecule has 0 saturated carbocycles. The molecule has 6 rings (SSSR count). The van der Waals surface area contributed by atoms with E-state index in [0.717, 1.165) is 76.8 Å². The summed E-state index contributed by atoms with van der Waals surface area (Å²) in [6.45, 7) is 2.20. The number of para-hydroxylation sites is 2. The molecule has 0 aliphatic heterocycles. The van der Waals surface area contributed by atoms with E-state index in [0.29, 0.717) is 23.4 Å². The molecule has 0 aliphatic rings. The fourth-order valence-corrected chi connectivity index (χ4v) is 9.05. The van der Waals surface area contributed by atoms with Crippen molar-refractivity contribution in [2.75, 3.05) is 76.0 Å². The zero-order valence-electron chi connectivity index (χ0n) is 44.1. The first-order chi connectivity index (χ1) is 34.6. The van der Waals surface area contributed by atoms with Crippen LogP contribution in [0.15, 0.2) is 149 Å². The number of anilines is 4. The van der Waals surface area contributed by atoms with Crippen LogP contribution >= 0.6 is 0 Å². The molecule has 0 atom stereocenters. The Kier molecular flexibility index (Phi) is 23.2. The minimum atomic E-state index is -4.61. The maximum Gasteiger partial charge on any atom is 0.298 e. The molecule has 6 aromatic carbocycles. The second kappa shape index (κ2) is 28.7. The number of nitrogens with zero attached hydrogens (tertiary/aromatic N) is 4. The second-order valence-electron chi connectivity index (χ2n) is 18.7. The molecule has 6 aromatic rings. The van der Waals surface area contributed by atoms with Crippen molar-refractivity contribution in [2.45, 2.75) is 87.3 Å². The van der Waals surface area contributed by atoms with Gasteiger partial charge in [-0.1, -0.05) is 138 Å². The van der Waals surface area contributed by atoms with Crippen molar-refractivity contribution in [2.24, 2.45) is 0 Å². The highest BCUT2D eigenvalue weighted by molar-refractivity contribution is 7.86. The van der Waals surface area contributed by atoms with Gasteiger partial charge in [0.25, 0.3) is 20.2 Å². The highest BCUT2D eigenvalue weighted by Gasteiger charge is 2.24. The van der Waals surface area contributed by atoms with Crippen molar-refractivity contribution in [1.82, 2.24) is 0 Å². The molecule has 0 aliphatic carbocycles. The molecule has 392 valence electrons. The summed E-state index contributed by atoms with van der Waals surface area (Å²) in [5.74, 6) is -0.354. The van der Waals surface area contributed by atoms with E-state index in [-0.39, 0.29) is 11.5 Å². The Morgan fingerprint density at radius 3 is 1.07 bits per heavy atom. The van der Waals surface area contributed by atoms with Gasteiger partial charge in [0.05, 0.1) is 11.4 Å². The fourth-order valence-electron chi connectivity index (χ4n) is 7.78. The van der Waals surface area contributed by atoms with Crippen molar-refractivity contribution in [1.29, 1.82) is 10.8 Å². The van der Waals surface area contributed by atoms with E-state index in [1.165, 1.54) is 68.9 Å². The van der Waals surface area contributed by atoms with Crippen LogP contribution in [-0.2, 0) is 26.7 Å². The lowest BCUT2D eigenvalue weighted by Gasteiger charge is -2.16. The molecule has 4 N–H and O–H groups in total. The van der Waals surface area contributed by atoms with Gasteiger partial charge < -0.3 is 24.3 Å². The van der Waals surface area contributed by atoms with Gasteiger partial charge in [-0.15, -0.1) is 0 Å². The number of unbranched alkanes of at least 4 members (excludes halogenated alkanes) is 9. The molecular weight excluding hydrogens is 957 g/mol. The van der Waals surface area contributed by atoms with Crippen LogP contribution in [0.2, 0.25) is 0 Å². The number of ether oxygens (including phenoxy) is 1. The van der Waals surface area contributed by atoms with Crippen LogP contribution in [0.25, 0.3) is 0 Å². The van der Waals surface area contributed by atoms with Crippen molar-refractivity contribution in [3.8, 4) is 11.5 Å². The van der Waals surface area contributed by atoms with Crippen LogP contribution < -0.4 is 24.3 Å². The van der Waals surface area contributed by atoms with Crippen molar-refractivity contribution < 1.29 is 30.7 Å². The molecule has 0 amide bonds. The van der Waals surface area contributed by atoms with E-state index < -0.39 is 30.0 Å². The maximum absolute atomic E-state index is 11.9. The SMILES string of the molecule is CCCCCCCCCCCCc1cccc(S(=O)(=O)O)c1Oc1ccccc1S(=O)(=O)O.CN(C)c1ccc(C(=N)c2ccc(N(C)C)cc2)cc1.CN(C)c1ccc(C(=N)c2ccc(N(C)C)cc2)cc1. The van der Waals surface area contributed by atoms with Gasteiger partial charge >= 0.3 is 0 Å². The number of benzene rings is 6. The van der Waals surface area contributed by atoms with E-state index in [9.17, 15) is 25.9 Å². The Morgan fingerprint density at radius 1 is 0.425 bits per heavy atom. The van der Waals surface area contributed by atoms with Crippen LogP contribution in [0.4, 0.5) is 22.7 Å². The van der Waals surface area contributed by atoms with E-state index in [1.54, 1.807) is 6.07 Å². The number of hydrogen-bond acceptors (Lipinski definition) is 11. The topological polar surface area (TPSA) is 179 Å². The van der Waals surface area contributed by atoms with Crippen LogP contribution in [0.3, 0.4) is 0 Å². The van der Waals surface area contributed by atoms with E-state index in [1.807, 2.05) is 153 Å². The molecule has 15 heteroatoms. The van der Waals surface area contributed by atoms with Gasteiger partial charge in [0.2, 0.25) is 0 Å². The third-order valence-corrected chi connectivity index (χ3v) is 13.9. The summed E-state index contributed by atoms with van der Waals surface area (Å²) in [6.07, 6.45) is 12.1. The molecule has 13 nitrogen and oxygen atoms in total. The lowest BCUT2D eigenvalue weighted by molar-refractivity contribution is 0.429. The van der Waals surface area contributed by atoms with Gasteiger partial charge in [0.15, 0.2) is 5.75 Å². The average Bonchev–Trinajstić information content (AvgIpc) is 3.36. The molecule has 0 bridgehead atoms. The predicted molar refractivity (Wildman–Crippen MR) is 303 cm³/mol. The van der Waals surface area contributed by atoms with Gasteiger partial charge in [-0.25, -0.2) is 0 Å². The lowest BCUT2D eigenvalue weighted by atomic mass is 10.0. The van der Waals surface area contributed by atoms with Gasteiger partial charge in [0.1, 0.15) is 15.5 Å². The van der Waals surface area contributed by atoms with Crippen LogP contribution in [-0.4, -0.2) is 93.7 Å². The standard InChI is InChI=1S/C24H34O7S2.2C17H21N3/c1-2-3-4-5-6-7-8-9-10-11-15-20-16-14-19-23(33(28,29)30)24(20)31-21-17-12-13-18-22(21)32(25,26)27;2*1-19(2)15-9-5-13(6-10-15)17(18)14-7-11-16(12-8-14)20(3)4/h12-14,16-19H,2-11,15H2,1H3,(H,25,26,27)(H,28,29,30);2*5-12,18H,1-4H3. The summed E-state index contributed by atoms with van der Waals surface area (Å²) in [6, 6.07) is 42.1. The summed E-state index contributed by atoms with van der Waals surface area (Å²) in [4.78, 5) is 7.29. The maximum atomic E-state index is 11.9. The highest BCUT2D eigenvalue weighted by atomic mass is 32.2. The third-order valence-electron chi connectivity index (χ3n) is 12.2. The highest BCUT2D eigenvalue weighted by Crippen LogP contribution is 2.36. The molecule has 0 saturated heterocycles. The monoisotopic (exact) mass is 1030 g/mol. The summed E-state index contributed by atoms with van der Waals surface area (Å²) in [5, 5.41) is 16.6. The molecule has 0 unspecified atom stereocenters. The Morgan fingerprint density at radius 2 is 0.740 bits per heavy atom. The quantitative estimate of drug-likeness (QED) is 0.0273. The lowest BCUT2D eigenvalue weighted by Crippen LogP contribution is -2.10. The number of hydrogen-bond donors (Lipinski definition) is 4. The van der Waals surface area contributed by atoms with Gasteiger partial charge in [-0.3, -0.25) is 19.9 Å². The summed E-state index contributed by atoms with van der Waals surface area (Å²) < 4.78 is 72.1. The molecule has 0 fully saturated rings. The molecular formula is C58H76N6O7S2. The van der Waals surface area contributed by atoms with Crippen molar-refractivity contribution in [3.63, 3.8) is 0 Å². The summed E-state index contributed by atoms with van der Waals surface area (Å²) >= 11 is 0.